The maximum Gasteiger partial charge on any atom is 0.303 e. The normalized spacial score (nSPS) is 10.1. The molecule has 0 radical (unpaired) electrons. The van der Waals surface area contributed by atoms with Gasteiger partial charge in [0.15, 0.2) is 0 Å². The summed E-state index contributed by atoms with van der Waals surface area (Å²) < 4.78 is 0. The van der Waals surface area contributed by atoms with Crippen molar-refractivity contribution in [2.75, 3.05) is 0 Å². The summed E-state index contributed by atoms with van der Waals surface area (Å²) in [6.45, 7) is 2.06. The van der Waals surface area contributed by atoms with Crippen molar-refractivity contribution in [2.24, 2.45) is 11.5 Å². The van der Waals surface area contributed by atoms with Gasteiger partial charge in [-0.2, -0.15) is 0 Å². The fraction of sp³-hybridized carbons (Fsp3) is 0.0909. The Morgan fingerprint density at radius 2 is 2.06 bits per heavy atom. The maximum absolute atomic E-state index is 5.35. The van der Waals surface area contributed by atoms with Crippen molar-refractivity contribution in [3.8, 4) is 11.3 Å². The number of guanidine groups is 1. The third kappa shape index (κ3) is 2.20. The van der Waals surface area contributed by atoms with Crippen LogP contribution in [0.1, 0.15) is 5.56 Å². The highest BCUT2D eigenvalue weighted by molar-refractivity contribution is 7.13. The molecule has 0 spiro atoms. The van der Waals surface area contributed by atoms with E-state index in [2.05, 4.69) is 23.0 Å². The molecular formula is C11H13N4S+. The number of hydrogen-bond acceptors (Lipinski definition) is 2. The molecule has 1 aromatic carbocycles. The number of benzene rings is 1. The lowest BCUT2D eigenvalue weighted by molar-refractivity contribution is -0.355. The molecular weight excluding hydrogens is 220 g/mol. The average molecular weight is 233 g/mol. The Balaban J connectivity index is 2.39. The summed E-state index contributed by atoms with van der Waals surface area (Å²) in [7, 11) is 0. The van der Waals surface area contributed by atoms with Crippen LogP contribution in [0.25, 0.3) is 11.3 Å². The number of aromatic nitrogens is 1. The molecule has 1 heterocycles. The average Bonchev–Trinajstić information content (AvgIpc) is 2.66. The lowest BCUT2D eigenvalue weighted by Crippen LogP contribution is -2.72. The minimum absolute atomic E-state index is 0.158. The smallest absolute Gasteiger partial charge is 0.303 e. The highest BCUT2D eigenvalue weighted by atomic mass is 32.1. The van der Waals surface area contributed by atoms with Gasteiger partial charge in [0.2, 0.25) is 0 Å². The first-order valence-electron chi connectivity index (χ1n) is 4.83. The van der Waals surface area contributed by atoms with Gasteiger partial charge in [0.25, 0.3) is 5.13 Å². The van der Waals surface area contributed by atoms with Crippen LogP contribution >= 0.6 is 11.3 Å². The van der Waals surface area contributed by atoms with Gasteiger partial charge in [-0.3, -0.25) is 0 Å². The van der Waals surface area contributed by atoms with Crippen LogP contribution in [0.2, 0.25) is 0 Å². The van der Waals surface area contributed by atoms with E-state index in [1.807, 2.05) is 23.6 Å². The summed E-state index contributed by atoms with van der Waals surface area (Å²) in [6.07, 6.45) is 0. The minimum Gasteiger partial charge on any atom is -0.311 e. The molecule has 5 N–H and O–H groups in total. The molecule has 0 bridgehead atoms. The molecule has 0 amide bonds. The number of nitrogens with one attached hydrogen (secondary N) is 1. The van der Waals surface area contributed by atoms with Crippen LogP contribution < -0.4 is 16.5 Å². The zero-order chi connectivity index (χ0) is 11.5. The number of rotatable bonds is 2. The molecule has 0 saturated heterocycles. The number of hydrogen-bond donors (Lipinski definition) is 3. The van der Waals surface area contributed by atoms with Crippen molar-refractivity contribution in [3.63, 3.8) is 0 Å². The van der Waals surface area contributed by atoms with Crippen molar-refractivity contribution < 1.29 is 4.99 Å². The molecule has 0 fully saturated rings. The molecule has 0 aliphatic rings. The Hall–Kier alpha value is -1.88. The second-order valence-corrected chi connectivity index (χ2v) is 4.29. The van der Waals surface area contributed by atoms with E-state index in [1.165, 1.54) is 16.9 Å². The third-order valence-electron chi connectivity index (χ3n) is 2.18. The van der Waals surface area contributed by atoms with E-state index < -0.39 is 0 Å². The highest BCUT2D eigenvalue weighted by Crippen LogP contribution is 2.24. The first-order chi connectivity index (χ1) is 7.66. The summed E-state index contributed by atoms with van der Waals surface area (Å²) in [6, 6.07) is 8.11. The van der Waals surface area contributed by atoms with E-state index in [9.17, 15) is 0 Å². The molecule has 82 valence electrons. The Bertz CT molecular complexity index is 526. The van der Waals surface area contributed by atoms with Crippen molar-refractivity contribution >= 4 is 22.4 Å². The number of aryl methyl sites for hydroxylation is 1. The standard InChI is InChI=1S/C11H12N4S/c1-7-4-2-3-5-8(7)9-6-16-11(14-9)15-10(12)13/h2-6H,1H3,(H4,12,13,14,15)/p+1. The van der Waals surface area contributed by atoms with E-state index in [1.54, 1.807) is 0 Å². The van der Waals surface area contributed by atoms with Gasteiger partial charge in [-0.05, 0) is 12.5 Å². The van der Waals surface area contributed by atoms with Gasteiger partial charge in [0.1, 0.15) is 5.69 Å². The second kappa shape index (κ2) is 4.32. The molecule has 0 aliphatic heterocycles. The van der Waals surface area contributed by atoms with Crippen LogP contribution in [0, 0.1) is 6.92 Å². The van der Waals surface area contributed by atoms with E-state index in [0.717, 1.165) is 11.3 Å². The Morgan fingerprint density at radius 3 is 2.75 bits per heavy atom. The summed E-state index contributed by atoms with van der Waals surface area (Å²) in [5.74, 6) is 0.158. The predicted molar refractivity (Wildman–Crippen MR) is 66.3 cm³/mol. The SMILES string of the molecule is Cc1ccccc1-c1csc([NH+]=C(N)N)n1. The molecule has 5 heteroatoms. The second-order valence-electron chi connectivity index (χ2n) is 3.43. The molecule has 16 heavy (non-hydrogen) atoms. The molecule has 0 aliphatic carbocycles. The molecule has 0 atom stereocenters. The monoisotopic (exact) mass is 233 g/mol. The van der Waals surface area contributed by atoms with Gasteiger partial charge < -0.3 is 11.5 Å². The van der Waals surface area contributed by atoms with Crippen LogP contribution in [0.15, 0.2) is 29.6 Å². The van der Waals surface area contributed by atoms with Crippen molar-refractivity contribution in [2.45, 2.75) is 6.92 Å². The lowest BCUT2D eigenvalue weighted by atomic mass is 10.1. The number of nitrogens with zero attached hydrogens (tertiary/aromatic N) is 1. The van der Waals surface area contributed by atoms with Crippen LogP contribution in [-0.4, -0.2) is 10.9 Å². The third-order valence-corrected chi connectivity index (χ3v) is 2.93. The minimum atomic E-state index is 0.158. The van der Waals surface area contributed by atoms with Gasteiger partial charge >= 0.3 is 5.96 Å². The van der Waals surface area contributed by atoms with Crippen LogP contribution in [0.5, 0.6) is 0 Å². The summed E-state index contributed by atoms with van der Waals surface area (Å²) >= 11 is 1.48. The first kappa shape index (κ1) is 10.6. The summed E-state index contributed by atoms with van der Waals surface area (Å²) in [5.41, 5.74) is 14.0. The zero-order valence-corrected chi connectivity index (χ0v) is 9.71. The highest BCUT2D eigenvalue weighted by Gasteiger charge is 2.09. The van der Waals surface area contributed by atoms with E-state index in [0.29, 0.717) is 5.13 Å². The van der Waals surface area contributed by atoms with Gasteiger partial charge in [-0.15, -0.1) is 4.98 Å². The zero-order valence-electron chi connectivity index (χ0n) is 8.90. The van der Waals surface area contributed by atoms with Gasteiger partial charge in [-0.25, -0.2) is 4.99 Å². The molecule has 2 aromatic rings. The van der Waals surface area contributed by atoms with Gasteiger partial charge in [-0.1, -0.05) is 35.6 Å². The molecule has 0 saturated carbocycles. The van der Waals surface area contributed by atoms with E-state index >= 15 is 0 Å². The number of nitrogens with two attached hydrogens (primary N) is 2. The van der Waals surface area contributed by atoms with Crippen molar-refractivity contribution in [1.29, 1.82) is 0 Å². The van der Waals surface area contributed by atoms with Crippen molar-refractivity contribution in [3.05, 3.63) is 35.2 Å². The van der Waals surface area contributed by atoms with Gasteiger partial charge in [0.05, 0.1) is 0 Å². The fourth-order valence-electron chi connectivity index (χ4n) is 1.44. The van der Waals surface area contributed by atoms with Gasteiger partial charge in [0, 0.05) is 10.9 Å². The molecule has 0 unspecified atom stereocenters. The Labute approximate surface area is 97.7 Å². The molecule has 2 rings (SSSR count). The first-order valence-corrected chi connectivity index (χ1v) is 5.71. The summed E-state index contributed by atoms with van der Waals surface area (Å²) in [4.78, 5) is 7.20. The Morgan fingerprint density at radius 1 is 1.31 bits per heavy atom. The Kier molecular flexibility index (Phi) is 2.87. The topological polar surface area (TPSA) is 78.9 Å². The number of thiazole rings is 1. The molecule has 1 aromatic heterocycles. The molecule has 4 nitrogen and oxygen atoms in total. The lowest BCUT2D eigenvalue weighted by Gasteiger charge is -1.98. The van der Waals surface area contributed by atoms with Crippen molar-refractivity contribution in [1.82, 2.24) is 4.98 Å². The van der Waals surface area contributed by atoms with E-state index in [-0.39, 0.29) is 5.96 Å². The van der Waals surface area contributed by atoms with Crippen LogP contribution in [0.3, 0.4) is 0 Å². The maximum atomic E-state index is 5.35. The largest absolute Gasteiger partial charge is 0.311 e. The summed E-state index contributed by atoms with van der Waals surface area (Å²) in [5, 5.41) is 2.69. The fourth-order valence-corrected chi connectivity index (χ4v) is 2.17. The quantitative estimate of drug-likeness (QED) is 0.508. The van der Waals surface area contributed by atoms with Crippen LogP contribution in [-0.2, 0) is 0 Å². The predicted octanol–water partition coefficient (Wildman–Crippen LogP) is 0.104. The van der Waals surface area contributed by atoms with Crippen LogP contribution in [0.4, 0.5) is 5.13 Å². The van der Waals surface area contributed by atoms with E-state index in [4.69, 9.17) is 11.5 Å².